The summed E-state index contributed by atoms with van der Waals surface area (Å²) in [5, 5.41) is 11.8. The van der Waals surface area contributed by atoms with Crippen LogP contribution in [0.4, 0.5) is 4.39 Å². The first-order valence-corrected chi connectivity index (χ1v) is 7.20. The molecule has 1 aromatic heterocycles. The van der Waals surface area contributed by atoms with Crippen LogP contribution >= 0.6 is 11.6 Å². The highest BCUT2D eigenvalue weighted by Gasteiger charge is 2.14. The van der Waals surface area contributed by atoms with Crippen LogP contribution in [0.25, 0.3) is 6.08 Å². The number of aryl methyl sites for hydroxylation is 2. The zero-order valence-electron chi connectivity index (χ0n) is 12.6. The van der Waals surface area contributed by atoms with Gasteiger partial charge in [-0.2, -0.15) is 5.26 Å². The van der Waals surface area contributed by atoms with E-state index in [1.807, 2.05) is 0 Å². The highest BCUT2D eigenvalue weighted by atomic mass is 35.5. The van der Waals surface area contributed by atoms with Crippen molar-refractivity contribution in [2.45, 2.75) is 20.4 Å². The van der Waals surface area contributed by atoms with E-state index in [0.717, 1.165) is 11.8 Å². The van der Waals surface area contributed by atoms with Gasteiger partial charge in [0.1, 0.15) is 29.0 Å². The minimum Gasteiger partial charge on any atom is -0.465 e. The molecule has 0 aliphatic rings. The van der Waals surface area contributed by atoms with Crippen LogP contribution in [-0.2, 0) is 11.3 Å². The van der Waals surface area contributed by atoms with Crippen LogP contribution < -0.4 is 5.32 Å². The lowest BCUT2D eigenvalue weighted by atomic mass is 10.1. The lowest BCUT2D eigenvalue weighted by Crippen LogP contribution is -2.23. The second-order valence-electron chi connectivity index (χ2n) is 4.96. The van der Waals surface area contributed by atoms with Crippen molar-refractivity contribution in [1.82, 2.24) is 5.32 Å². The average molecular weight is 333 g/mol. The van der Waals surface area contributed by atoms with Crippen molar-refractivity contribution in [1.29, 1.82) is 5.26 Å². The zero-order valence-corrected chi connectivity index (χ0v) is 13.4. The van der Waals surface area contributed by atoms with E-state index >= 15 is 0 Å². The first-order chi connectivity index (χ1) is 10.9. The molecule has 0 saturated heterocycles. The number of benzene rings is 1. The van der Waals surface area contributed by atoms with Crippen LogP contribution in [0.2, 0.25) is 5.02 Å². The molecule has 0 aliphatic carbocycles. The molecule has 2 rings (SSSR count). The number of furan rings is 1. The number of carbonyl (C=O) groups excluding carboxylic acids is 1. The molecular weight excluding hydrogens is 319 g/mol. The fourth-order valence-corrected chi connectivity index (χ4v) is 2.15. The molecule has 0 unspecified atom stereocenters. The first kappa shape index (κ1) is 16.8. The van der Waals surface area contributed by atoms with Crippen LogP contribution in [-0.4, -0.2) is 5.91 Å². The Labute approximate surface area is 138 Å². The molecule has 6 heteroatoms. The predicted octanol–water partition coefficient (Wildman–Crippen LogP) is 3.91. The molecule has 0 saturated carbocycles. The Kier molecular flexibility index (Phi) is 5.20. The highest BCUT2D eigenvalue weighted by Crippen LogP contribution is 2.24. The lowest BCUT2D eigenvalue weighted by molar-refractivity contribution is -0.117. The van der Waals surface area contributed by atoms with Crippen molar-refractivity contribution in [3.8, 4) is 6.07 Å². The molecule has 1 heterocycles. The van der Waals surface area contributed by atoms with Crippen LogP contribution in [0.3, 0.4) is 0 Å². The van der Waals surface area contributed by atoms with Gasteiger partial charge in [-0.3, -0.25) is 4.79 Å². The van der Waals surface area contributed by atoms with Gasteiger partial charge in [0.25, 0.3) is 5.91 Å². The first-order valence-electron chi connectivity index (χ1n) is 6.82. The molecular formula is C17H14ClFN2O2. The van der Waals surface area contributed by atoms with Crippen molar-refractivity contribution in [2.24, 2.45) is 0 Å². The van der Waals surface area contributed by atoms with E-state index in [1.165, 1.54) is 12.1 Å². The van der Waals surface area contributed by atoms with Gasteiger partial charge in [0.05, 0.1) is 11.6 Å². The fourth-order valence-electron chi connectivity index (χ4n) is 1.95. The minimum absolute atomic E-state index is 0.0206. The zero-order chi connectivity index (χ0) is 17.0. The second kappa shape index (κ2) is 7.12. The molecule has 2 aromatic rings. The number of nitriles is 1. The standard InChI is InChI=1S/C17H14ClFN2O2/c1-10-3-6-15(18)14(16(10)19)7-12(8-20)17(22)21-9-13-5-4-11(2)23-13/h3-7H,9H2,1-2H3,(H,21,22). The summed E-state index contributed by atoms with van der Waals surface area (Å²) >= 11 is 5.94. The van der Waals surface area contributed by atoms with Gasteiger partial charge in [-0.1, -0.05) is 17.7 Å². The van der Waals surface area contributed by atoms with Crippen molar-refractivity contribution in [2.75, 3.05) is 0 Å². The van der Waals surface area contributed by atoms with Gasteiger partial charge in [-0.15, -0.1) is 0 Å². The summed E-state index contributed by atoms with van der Waals surface area (Å²) in [4.78, 5) is 12.1. The van der Waals surface area contributed by atoms with Crippen molar-refractivity contribution >= 4 is 23.6 Å². The van der Waals surface area contributed by atoms with Gasteiger partial charge in [-0.05, 0) is 43.7 Å². The third kappa shape index (κ3) is 3.99. The van der Waals surface area contributed by atoms with Gasteiger partial charge in [-0.25, -0.2) is 4.39 Å². The van der Waals surface area contributed by atoms with E-state index < -0.39 is 11.7 Å². The highest BCUT2D eigenvalue weighted by molar-refractivity contribution is 6.32. The molecule has 1 amide bonds. The maximum Gasteiger partial charge on any atom is 0.262 e. The van der Waals surface area contributed by atoms with E-state index in [4.69, 9.17) is 21.3 Å². The Morgan fingerprint density at radius 2 is 2.13 bits per heavy atom. The molecule has 23 heavy (non-hydrogen) atoms. The number of nitrogens with one attached hydrogen (secondary N) is 1. The van der Waals surface area contributed by atoms with Crippen LogP contribution in [0.15, 0.2) is 34.3 Å². The SMILES string of the molecule is Cc1ccc(CNC(=O)C(C#N)=Cc2c(Cl)ccc(C)c2F)o1. The maximum absolute atomic E-state index is 14.1. The maximum atomic E-state index is 14.1. The normalized spacial score (nSPS) is 11.2. The Morgan fingerprint density at radius 3 is 2.74 bits per heavy atom. The van der Waals surface area contributed by atoms with Crippen molar-refractivity contribution < 1.29 is 13.6 Å². The molecule has 1 aromatic carbocycles. The summed E-state index contributed by atoms with van der Waals surface area (Å²) in [7, 11) is 0. The molecule has 4 nitrogen and oxygen atoms in total. The quantitative estimate of drug-likeness (QED) is 0.681. The topological polar surface area (TPSA) is 66.0 Å². The number of rotatable bonds is 4. The molecule has 0 atom stereocenters. The predicted molar refractivity (Wildman–Crippen MR) is 85.0 cm³/mol. The van der Waals surface area contributed by atoms with Crippen LogP contribution in [0.1, 0.15) is 22.6 Å². The van der Waals surface area contributed by atoms with Gasteiger partial charge >= 0.3 is 0 Å². The Hall–Kier alpha value is -2.58. The monoisotopic (exact) mass is 332 g/mol. The minimum atomic E-state index is -0.626. The number of hydrogen-bond acceptors (Lipinski definition) is 3. The third-order valence-corrected chi connectivity index (χ3v) is 3.52. The average Bonchev–Trinajstić information content (AvgIpc) is 2.94. The second-order valence-corrected chi connectivity index (χ2v) is 5.36. The lowest BCUT2D eigenvalue weighted by Gasteiger charge is -2.06. The van der Waals surface area contributed by atoms with E-state index in [0.29, 0.717) is 11.3 Å². The summed E-state index contributed by atoms with van der Waals surface area (Å²) in [5.74, 6) is 0.102. The van der Waals surface area contributed by atoms with E-state index in [2.05, 4.69) is 5.32 Å². The van der Waals surface area contributed by atoms with Gasteiger partial charge in [0.2, 0.25) is 0 Å². The molecule has 118 valence electrons. The van der Waals surface area contributed by atoms with E-state index in [1.54, 1.807) is 32.0 Å². The molecule has 0 spiro atoms. The van der Waals surface area contributed by atoms with Crippen molar-refractivity contribution in [3.63, 3.8) is 0 Å². The van der Waals surface area contributed by atoms with Crippen molar-refractivity contribution in [3.05, 3.63) is 63.3 Å². The molecule has 0 aliphatic heterocycles. The van der Waals surface area contributed by atoms with E-state index in [-0.39, 0.29) is 22.7 Å². The molecule has 0 bridgehead atoms. The summed E-state index contributed by atoms with van der Waals surface area (Å²) < 4.78 is 19.4. The van der Waals surface area contributed by atoms with Crippen LogP contribution in [0, 0.1) is 31.0 Å². The third-order valence-electron chi connectivity index (χ3n) is 3.19. The number of carbonyl (C=O) groups is 1. The number of hydrogen-bond donors (Lipinski definition) is 1. The Morgan fingerprint density at radius 1 is 1.39 bits per heavy atom. The number of amides is 1. The van der Waals surface area contributed by atoms with Crippen LogP contribution in [0.5, 0.6) is 0 Å². The van der Waals surface area contributed by atoms with Gasteiger partial charge in [0.15, 0.2) is 0 Å². The fraction of sp³-hybridized carbons (Fsp3) is 0.176. The van der Waals surface area contributed by atoms with Gasteiger partial charge < -0.3 is 9.73 Å². The van der Waals surface area contributed by atoms with Gasteiger partial charge in [0, 0.05) is 5.56 Å². The molecule has 0 fully saturated rings. The summed E-state index contributed by atoms with van der Waals surface area (Å²) in [6.07, 6.45) is 1.15. The number of nitrogens with zero attached hydrogens (tertiary/aromatic N) is 1. The smallest absolute Gasteiger partial charge is 0.262 e. The Balaban J connectivity index is 2.20. The van der Waals surface area contributed by atoms with E-state index in [9.17, 15) is 9.18 Å². The Bertz CT molecular complexity index is 818. The molecule has 0 radical (unpaired) electrons. The number of halogens is 2. The summed E-state index contributed by atoms with van der Waals surface area (Å²) in [6, 6.07) is 8.30. The summed E-state index contributed by atoms with van der Waals surface area (Å²) in [6.45, 7) is 3.50. The largest absolute Gasteiger partial charge is 0.465 e. The summed E-state index contributed by atoms with van der Waals surface area (Å²) in [5.41, 5.74) is 0.163. The molecule has 1 N–H and O–H groups in total.